The zero-order valence-corrected chi connectivity index (χ0v) is 71.9. The summed E-state index contributed by atoms with van der Waals surface area (Å²) < 4.78 is 89.8. The zero-order chi connectivity index (χ0) is 84.7. The monoisotopic (exact) mass is 1610 g/mol. The molecule has 17 unspecified atom stereocenters. The van der Waals surface area contributed by atoms with Gasteiger partial charge in [-0.15, -0.1) is 0 Å². The van der Waals surface area contributed by atoms with Crippen LogP contribution < -0.4 is 22.1 Å². The molecule has 32 nitrogen and oxygen atoms in total. The van der Waals surface area contributed by atoms with Gasteiger partial charge in [-0.05, 0) is 174 Å². The second kappa shape index (κ2) is 40.1. The Morgan fingerprint density at radius 3 is 1.11 bits per heavy atom. The molecule has 0 spiro atoms. The van der Waals surface area contributed by atoms with Crippen LogP contribution in [0.15, 0.2) is 0 Å². The van der Waals surface area contributed by atoms with Crippen LogP contribution in [0.5, 0.6) is 0 Å². The second-order valence-electron chi connectivity index (χ2n) is 35.9. The molecule has 0 aromatic heterocycles. The molecule has 38 atom stereocenters. The molecular formula is C80H148N6O26. The van der Waals surface area contributed by atoms with Crippen molar-refractivity contribution in [2.75, 3.05) is 55.5 Å². The van der Waals surface area contributed by atoms with E-state index < -0.39 is 228 Å². The molecule has 112 heavy (non-hydrogen) atoms. The fourth-order valence-electron chi connectivity index (χ4n) is 18.6. The van der Waals surface area contributed by atoms with Gasteiger partial charge in [0, 0.05) is 88.0 Å². The predicted molar refractivity (Wildman–Crippen MR) is 412 cm³/mol. The third-order valence-corrected chi connectivity index (χ3v) is 25.9. The number of cyclic esters (lactones) is 2. The molecule has 0 saturated carbocycles. The number of hydrogen-bond acceptors (Lipinski definition) is 30. The van der Waals surface area contributed by atoms with Crippen molar-refractivity contribution in [3.8, 4) is 0 Å². The van der Waals surface area contributed by atoms with E-state index >= 15 is 0 Å². The molecule has 2 amide bonds. The molecule has 0 aromatic rings. The minimum atomic E-state index is -1.96. The molecule has 0 bridgehead atoms. The summed E-state index contributed by atoms with van der Waals surface area (Å²) in [5.74, 6) is -8.25. The summed E-state index contributed by atoms with van der Waals surface area (Å²) in [7, 11) is 10.3. The van der Waals surface area contributed by atoms with Crippen molar-refractivity contribution >= 4 is 24.1 Å². The average Bonchev–Trinajstić information content (AvgIpc) is 0.774. The van der Waals surface area contributed by atoms with Crippen molar-refractivity contribution in [2.24, 2.45) is 58.8 Å². The van der Waals surface area contributed by atoms with Gasteiger partial charge < -0.3 is 139 Å². The molecule has 32 heteroatoms. The number of aliphatic hydroxyl groups excluding tert-OH is 4. The lowest BCUT2D eigenvalue weighted by Crippen LogP contribution is -2.62. The standard InChI is InChI=1S/C80H148N6O26/c1-27-53-79(19,97)63(89)43(7)57(81)39(3)35-75(15,95)65(109-71-59(87)51(85(21)22)33-41(5)101-71)45(9)61(47(11)69(91)105-53)107-55-37-77(17,99-25)67(49(13)103-55)111-73(93)83-31-29-30-32-84-74(94)112-68-50(14)104-56(38-78(68,18)100-26)108-62-46(10)66(110-72-60(88)52(86(23)24)34-42(6)102-72)76(16,96)36-40(4)58(82)44(8)64(90)80(20,98)54(28-2)106-70(92)48(62)12/h39-68,71-72,87-90,95-98H,27-38,81-82H2,1-26H3,(H,83,93)(H,84,94)/t39-,40-,41?,42?,43+,44+,45+,46+,47-,48-,49?,50?,51?,52?,53-,54-,55?,56?,57+,58+,59?,60?,61+,62?,63-,64-,65-,66-,67?,68?,71?,72?,75-,76-,77?,78?,79-,80-/m1/s1. The lowest BCUT2D eigenvalue weighted by molar-refractivity contribution is -0.318. The zero-order valence-electron chi connectivity index (χ0n) is 71.9. The predicted octanol–water partition coefficient (Wildman–Crippen LogP) is 4.35. The van der Waals surface area contributed by atoms with Crippen molar-refractivity contribution in [2.45, 2.75) is 383 Å². The van der Waals surface area contributed by atoms with Crippen molar-refractivity contribution in [3.63, 3.8) is 0 Å². The number of nitrogens with two attached hydrogens (primary N) is 2. The number of methoxy groups -OCH3 is 2. The number of ether oxygens (including phenoxy) is 14. The second-order valence-corrected chi connectivity index (χ2v) is 35.9. The van der Waals surface area contributed by atoms with E-state index in [2.05, 4.69) is 10.6 Å². The molecule has 0 radical (unpaired) electrons. The average molecular weight is 1610 g/mol. The SMILES string of the molecule is CC[C@H]1OC(=O)[C@H](C)C(OC2CC(C)(OC)C(OC(=O)NCCCCNC(=O)OC3C(C)OC(O[C@H]4[C@H](C)[C@@H](OC5OC(C)CC(N(C)C)C5O)[C@](C)(O)C[C@@H](C)[C@H](N)[C@H](C)[C@@H](O)[C@](C)(O)[C@@H](CC)OC(=O)[C@@H]4C)CC3(C)OC)C(C)O2)[C@H](C)[C@@H](OC2OC(C)CC(N(C)C)C2O)[C@](C)(O)C[C@@H](C)[C@H](N)[C@H](C)[C@@H](O)[C@]1(C)O. The molecule has 6 aliphatic heterocycles. The quantitative estimate of drug-likeness (QED) is 0.0432. The molecule has 0 aromatic carbocycles. The van der Waals surface area contributed by atoms with Crippen molar-refractivity contribution < 1.29 is 126 Å². The smallest absolute Gasteiger partial charge is 0.407 e. The molecule has 6 saturated heterocycles. The molecule has 654 valence electrons. The van der Waals surface area contributed by atoms with E-state index in [-0.39, 0.29) is 75.9 Å². The maximum absolute atomic E-state index is 14.7. The number of unbranched alkanes of at least 4 members (excludes halogenated alkanes) is 1. The van der Waals surface area contributed by atoms with Crippen LogP contribution in [0.1, 0.15) is 203 Å². The summed E-state index contributed by atoms with van der Waals surface area (Å²) in [4.78, 5) is 60.6. The minimum Gasteiger partial charge on any atom is -0.459 e. The molecule has 6 fully saturated rings. The summed E-state index contributed by atoms with van der Waals surface area (Å²) in [6.45, 7) is 34.0. The van der Waals surface area contributed by atoms with E-state index in [9.17, 15) is 60.0 Å². The number of aliphatic hydroxyl groups is 8. The van der Waals surface area contributed by atoms with Gasteiger partial charge in [-0.3, -0.25) is 9.59 Å². The number of amides is 2. The lowest BCUT2D eigenvalue weighted by Gasteiger charge is -2.49. The number of rotatable bonds is 21. The van der Waals surface area contributed by atoms with E-state index in [1.165, 1.54) is 28.1 Å². The number of nitrogens with zero attached hydrogens (tertiary/aromatic N) is 2. The molecule has 6 rings (SSSR count). The van der Waals surface area contributed by atoms with Gasteiger partial charge in [0.2, 0.25) is 0 Å². The maximum Gasteiger partial charge on any atom is 0.407 e. The van der Waals surface area contributed by atoms with Crippen molar-refractivity contribution in [1.29, 1.82) is 0 Å². The molecular weight excluding hydrogens is 1460 g/mol. The number of carbonyl (C=O) groups excluding carboxylic acids is 4. The largest absolute Gasteiger partial charge is 0.459 e. The normalized spacial score (nSPS) is 47.6. The highest BCUT2D eigenvalue weighted by Crippen LogP contribution is 2.46. The Balaban J connectivity index is 1.12. The third-order valence-electron chi connectivity index (χ3n) is 25.9. The van der Waals surface area contributed by atoms with Crippen LogP contribution in [-0.4, -0.2) is 311 Å². The first kappa shape index (κ1) is 97.4. The number of alkyl carbamates (subject to hydrolysis) is 2. The number of hydrogen-bond donors (Lipinski definition) is 12. The van der Waals surface area contributed by atoms with Crippen LogP contribution in [0.25, 0.3) is 0 Å². The summed E-state index contributed by atoms with van der Waals surface area (Å²) in [6.07, 6.45) is -21.5. The summed E-state index contributed by atoms with van der Waals surface area (Å²) >= 11 is 0. The first-order valence-electron chi connectivity index (χ1n) is 40.9. The van der Waals surface area contributed by atoms with E-state index in [1.807, 2.05) is 65.7 Å². The van der Waals surface area contributed by atoms with Crippen LogP contribution in [0.4, 0.5) is 9.59 Å². The van der Waals surface area contributed by atoms with Crippen LogP contribution in [0.3, 0.4) is 0 Å². The Hall–Kier alpha value is -3.40. The Bertz CT molecular complexity index is 2770. The Morgan fingerprint density at radius 2 is 0.812 bits per heavy atom. The van der Waals surface area contributed by atoms with Gasteiger partial charge in [-0.25, -0.2) is 9.59 Å². The van der Waals surface area contributed by atoms with E-state index in [0.29, 0.717) is 25.7 Å². The van der Waals surface area contributed by atoms with E-state index in [1.54, 1.807) is 96.9 Å². The fraction of sp³-hybridized carbons (Fsp3) is 0.950. The minimum absolute atomic E-state index is 0.000773. The topological polar surface area (TPSA) is 442 Å². The van der Waals surface area contributed by atoms with Gasteiger partial charge in [0.05, 0.1) is 84.1 Å². The number of esters is 2. The van der Waals surface area contributed by atoms with Crippen LogP contribution in [-0.2, 0) is 75.9 Å². The highest BCUT2D eigenvalue weighted by atomic mass is 16.7. The Morgan fingerprint density at radius 1 is 0.491 bits per heavy atom. The fourth-order valence-corrected chi connectivity index (χ4v) is 18.6. The first-order chi connectivity index (χ1) is 51.8. The number of likely N-dealkylation sites (N-methyl/N-ethyl adjacent to an activating group) is 2. The summed E-state index contributed by atoms with van der Waals surface area (Å²) in [5.41, 5.74) is 3.72. The van der Waals surface area contributed by atoms with Gasteiger partial charge in [0.15, 0.2) is 37.4 Å². The third kappa shape index (κ3) is 22.9. The Kier molecular flexibility index (Phi) is 34.9. The Labute approximate surface area is 665 Å². The maximum atomic E-state index is 14.7. The molecule has 6 heterocycles. The van der Waals surface area contributed by atoms with Gasteiger partial charge in [0.1, 0.15) is 46.8 Å². The van der Waals surface area contributed by atoms with Gasteiger partial charge >= 0.3 is 24.1 Å². The van der Waals surface area contributed by atoms with Gasteiger partial charge in [-0.1, -0.05) is 55.4 Å². The van der Waals surface area contributed by atoms with Crippen molar-refractivity contribution in [1.82, 2.24) is 20.4 Å². The van der Waals surface area contributed by atoms with Crippen LogP contribution >= 0.6 is 0 Å². The first-order valence-corrected chi connectivity index (χ1v) is 40.9. The highest BCUT2D eigenvalue weighted by Gasteiger charge is 2.58. The molecule has 14 N–H and O–H groups in total. The van der Waals surface area contributed by atoms with E-state index in [0.717, 1.165) is 0 Å². The van der Waals surface area contributed by atoms with Crippen LogP contribution in [0, 0.1) is 47.3 Å². The summed E-state index contributed by atoms with van der Waals surface area (Å²) in [5, 5.41) is 103. The van der Waals surface area contributed by atoms with E-state index in [4.69, 9.17) is 77.8 Å². The highest BCUT2D eigenvalue weighted by molar-refractivity contribution is 5.74. The molecule has 0 aliphatic carbocycles. The lowest BCUT2D eigenvalue weighted by atomic mass is 9.72. The summed E-state index contributed by atoms with van der Waals surface area (Å²) in [6, 6.07) is -2.33. The van der Waals surface area contributed by atoms with Gasteiger partial charge in [0.25, 0.3) is 0 Å². The molecule has 6 aliphatic rings. The number of carbonyl (C=O) groups is 4. The van der Waals surface area contributed by atoms with Crippen molar-refractivity contribution in [3.05, 3.63) is 0 Å². The number of nitrogens with one attached hydrogen (secondary N) is 2. The van der Waals surface area contributed by atoms with Gasteiger partial charge in [-0.2, -0.15) is 0 Å². The van der Waals surface area contributed by atoms with Crippen LogP contribution in [0.2, 0.25) is 0 Å².